The zero-order valence-electron chi connectivity index (χ0n) is 10.0. The van der Waals surface area contributed by atoms with Crippen molar-refractivity contribution in [3.05, 3.63) is 0 Å². The number of nitrogens with zero attached hydrogens (tertiary/aromatic N) is 2. The Kier molecular flexibility index (Phi) is 8.94. The first kappa shape index (κ1) is 14.8. The van der Waals surface area contributed by atoms with Crippen LogP contribution in [-0.2, 0) is 4.74 Å². The molecule has 5 heteroatoms. The SMILES string of the molecule is CCOCCCN(C)C(O)CN(C)CO. The molecular formula is C10H24N2O3. The van der Waals surface area contributed by atoms with Gasteiger partial charge in [0, 0.05) is 26.3 Å². The Morgan fingerprint density at radius 3 is 2.53 bits per heavy atom. The molecule has 0 aliphatic carbocycles. The number of hydrogen-bond donors (Lipinski definition) is 2. The first-order valence-electron chi connectivity index (χ1n) is 5.37. The highest BCUT2D eigenvalue weighted by molar-refractivity contribution is 4.60. The minimum Gasteiger partial charge on any atom is -0.382 e. The summed E-state index contributed by atoms with van der Waals surface area (Å²) in [6.07, 6.45) is 0.369. The zero-order chi connectivity index (χ0) is 11.7. The molecule has 0 fully saturated rings. The van der Waals surface area contributed by atoms with Crippen LogP contribution in [-0.4, -0.2) is 73.4 Å². The summed E-state index contributed by atoms with van der Waals surface area (Å²) in [7, 11) is 3.62. The van der Waals surface area contributed by atoms with Crippen molar-refractivity contribution >= 4 is 0 Å². The van der Waals surface area contributed by atoms with Gasteiger partial charge in [0.1, 0.15) is 6.23 Å². The van der Waals surface area contributed by atoms with Gasteiger partial charge in [0.15, 0.2) is 0 Å². The Labute approximate surface area is 92.2 Å². The van der Waals surface area contributed by atoms with Crippen molar-refractivity contribution in [2.75, 3.05) is 47.1 Å². The quantitative estimate of drug-likeness (QED) is 0.407. The van der Waals surface area contributed by atoms with Gasteiger partial charge in [-0.2, -0.15) is 0 Å². The first-order chi connectivity index (χ1) is 7.11. The van der Waals surface area contributed by atoms with Crippen LogP contribution in [0.5, 0.6) is 0 Å². The maximum atomic E-state index is 9.71. The van der Waals surface area contributed by atoms with Gasteiger partial charge in [-0.3, -0.25) is 9.80 Å². The summed E-state index contributed by atoms with van der Waals surface area (Å²) in [5.41, 5.74) is 0. The van der Waals surface area contributed by atoms with Gasteiger partial charge in [0.2, 0.25) is 0 Å². The Balaban J connectivity index is 3.55. The highest BCUT2D eigenvalue weighted by Gasteiger charge is 2.12. The van der Waals surface area contributed by atoms with Crippen LogP contribution in [0.3, 0.4) is 0 Å². The van der Waals surface area contributed by atoms with Crippen molar-refractivity contribution in [2.24, 2.45) is 0 Å². The van der Waals surface area contributed by atoms with E-state index >= 15 is 0 Å². The number of rotatable bonds is 9. The third-order valence-corrected chi connectivity index (χ3v) is 2.23. The zero-order valence-corrected chi connectivity index (χ0v) is 10.0. The standard InChI is InChI=1S/C10H24N2O3/c1-4-15-7-5-6-12(3)10(14)8-11(2)9-13/h10,13-14H,4-9H2,1-3H3. The molecule has 0 amide bonds. The first-order valence-corrected chi connectivity index (χ1v) is 5.37. The molecule has 0 aromatic carbocycles. The van der Waals surface area contributed by atoms with Crippen LogP contribution in [0, 0.1) is 0 Å². The molecule has 92 valence electrons. The maximum Gasteiger partial charge on any atom is 0.120 e. The van der Waals surface area contributed by atoms with Gasteiger partial charge in [-0.05, 0) is 27.4 Å². The van der Waals surface area contributed by atoms with E-state index < -0.39 is 6.23 Å². The summed E-state index contributed by atoms with van der Waals surface area (Å²) < 4.78 is 5.21. The van der Waals surface area contributed by atoms with Crippen LogP contribution in [0.15, 0.2) is 0 Å². The summed E-state index contributed by atoms with van der Waals surface area (Å²) in [5, 5.41) is 18.5. The fourth-order valence-corrected chi connectivity index (χ4v) is 1.19. The van der Waals surface area contributed by atoms with Gasteiger partial charge in [-0.1, -0.05) is 0 Å². The minimum atomic E-state index is -0.538. The fraction of sp³-hybridized carbons (Fsp3) is 1.00. The fourth-order valence-electron chi connectivity index (χ4n) is 1.19. The van der Waals surface area contributed by atoms with Crippen LogP contribution >= 0.6 is 0 Å². The molecule has 15 heavy (non-hydrogen) atoms. The molecular weight excluding hydrogens is 196 g/mol. The summed E-state index contributed by atoms with van der Waals surface area (Å²) in [6, 6.07) is 0. The molecule has 2 N–H and O–H groups in total. The summed E-state index contributed by atoms with van der Waals surface area (Å²) in [6.45, 7) is 4.63. The number of likely N-dealkylation sites (N-methyl/N-ethyl adjacent to an activating group) is 2. The van der Waals surface area contributed by atoms with Gasteiger partial charge < -0.3 is 14.9 Å². The third kappa shape index (κ3) is 7.70. The van der Waals surface area contributed by atoms with Crippen molar-refractivity contribution in [3.8, 4) is 0 Å². The lowest BCUT2D eigenvalue weighted by molar-refractivity contribution is -0.0205. The number of ether oxygens (including phenoxy) is 1. The highest BCUT2D eigenvalue weighted by atomic mass is 16.5. The number of aliphatic hydroxyl groups excluding tert-OH is 2. The van der Waals surface area contributed by atoms with Crippen molar-refractivity contribution in [2.45, 2.75) is 19.6 Å². The lowest BCUT2D eigenvalue weighted by Gasteiger charge is -2.26. The molecule has 0 saturated heterocycles. The van der Waals surface area contributed by atoms with Gasteiger partial charge >= 0.3 is 0 Å². The molecule has 1 atom stereocenters. The van der Waals surface area contributed by atoms with Crippen LogP contribution in [0.4, 0.5) is 0 Å². The second kappa shape index (κ2) is 9.06. The minimum absolute atomic E-state index is 0.0379. The van der Waals surface area contributed by atoms with Crippen LogP contribution in [0.2, 0.25) is 0 Å². The van der Waals surface area contributed by atoms with Crippen LogP contribution in [0.25, 0.3) is 0 Å². The van der Waals surface area contributed by atoms with Crippen LogP contribution < -0.4 is 0 Å². The van der Waals surface area contributed by atoms with E-state index in [1.807, 2.05) is 18.9 Å². The smallest absolute Gasteiger partial charge is 0.120 e. The summed E-state index contributed by atoms with van der Waals surface area (Å²) in [5.74, 6) is 0. The summed E-state index contributed by atoms with van der Waals surface area (Å²) in [4.78, 5) is 3.51. The molecule has 0 saturated carbocycles. The topological polar surface area (TPSA) is 56.2 Å². The Morgan fingerprint density at radius 2 is 2.00 bits per heavy atom. The molecule has 1 unspecified atom stereocenters. The lowest BCUT2D eigenvalue weighted by atomic mass is 10.4. The van der Waals surface area contributed by atoms with Crippen LogP contribution in [0.1, 0.15) is 13.3 Å². The van der Waals surface area contributed by atoms with Gasteiger partial charge in [0.05, 0.1) is 6.73 Å². The Bertz CT molecular complexity index is 147. The van der Waals surface area contributed by atoms with E-state index in [1.54, 1.807) is 11.9 Å². The van der Waals surface area contributed by atoms with Gasteiger partial charge in [-0.25, -0.2) is 0 Å². The molecule has 0 heterocycles. The average Bonchev–Trinajstić information content (AvgIpc) is 2.23. The van der Waals surface area contributed by atoms with Crippen molar-refractivity contribution in [1.82, 2.24) is 9.80 Å². The van der Waals surface area contributed by atoms with Gasteiger partial charge in [0.25, 0.3) is 0 Å². The number of hydrogen-bond acceptors (Lipinski definition) is 5. The molecule has 5 nitrogen and oxygen atoms in total. The van der Waals surface area contributed by atoms with Crippen molar-refractivity contribution in [1.29, 1.82) is 0 Å². The third-order valence-electron chi connectivity index (χ3n) is 2.23. The Hall–Kier alpha value is -0.200. The maximum absolute atomic E-state index is 9.71. The summed E-state index contributed by atoms with van der Waals surface area (Å²) >= 11 is 0. The highest BCUT2D eigenvalue weighted by Crippen LogP contribution is 1.97. The van der Waals surface area contributed by atoms with Crippen molar-refractivity contribution < 1.29 is 14.9 Å². The predicted molar refractivity (Wildman–Crippen MR) is 59.5 cm³/mol. The second-order valence-corrected chi connectivity index (χ2v) is 3.69. The van der Waals surface area contributed by atoms with E-state index in [1.165, 1.54) is 0 Å². The Morgan fingerprint density at radius 1 is 1.33 bits per heavy atom. The molecule has 0 rings (SSSR count). The van der Waals surface area contributed by atoms with E-state index in [9.17, 15) is 5.11 Å². The molecule has 0 spiro atoms. The lowest BCUT2D eigenvalue weighted by Crippen LogP contribution is -2.41. The van der Waals surface area contributed by atoms with E-state index in [-0.39, 0.29) is 6.73 Å². The molecule has 0 radical (unpaired) electrons. The van der Waals surface area contributed by atoms with E-state index in [0.717, 1.165) is 26.2 Å². The predicted octanol–water partition coefficient (Wildman–Crippen LogP) is -0.455. The molecule has 0 aromatic rings. The number of aliphatic hydroxyl groups is 2. The normalized spacial score (nSPS) is 13.8. The average molecular weight is 220 g/mol. The second-order valence-electron chi connectivity index (χ2n) is 3.69. The van der Waals surface area contributed by atoms with E-state index in [4.69, 9.17) is 9.84 Å². The monoisotopic (exact) mass is 220 g/mol. The van der Waals surface area contributed by atoms with E-state index in [2.05, 4.69) is 0 Å². The molecule has 0 aliphatic heterocycles. The largest absolute Gasteiger partial charge is 0.382 e. The molecule has 0 aliphatic rings. The molecule has 0 aromatic heterocycles. The molecule has 0 bridgehead atoms. The van der Waals surface area contributed by atoms with Crippen molar-refractivity contribution in [3.63, 3.8) is 0 Å². The van der Waals surface area contributed by atoms with Gasteiger partial charge in [-0.15, -0.1) is 0 Å². The van der Waals surface area contributed by atoms with E-state index in [0.29, 0.717) is 6.54 Å².